The standard InChI is InChI=1S/C13H13BN5O/c1-19-8-16-10-11(19)17-13(15)18-12(10)20-14-7-9-5-3-2-4-6-9/h2-6,8H,7H2,1H3,(H2,15,17,18). The van der Waals surface area contributed by atoms with Gasteiger partial charge in [0.1, 0.15) is 0 Å². The number of aryl methyl sites for hydroxylation is 1. The number of nitrogen functional groups attached to an aromatic ring is 1. The van der Waals surface area contributed by atoms with Gasteiger partial charge in [-0.15, -0.1) is 0 Å². The Kier molecular flexibility index (Phi) is 3.24. The summed E-state index contributed by atoms with van der Waals surface area (Å²) < 4.78 is 7.36. The van der Waals surface area contributed by atoms with Crippen LogP contribution in [0.3, 0.4) is 0 Å². The third kappa shape index (κ3) is 2.42. The fraction of sp³-hybridized carbons (Fsp3) is 0.154. The zero-order valence-electron chi connectivity index (χ0n) is 11.0. The number of fused-ring (bicyclic) bond motifs is 1. The van der Waals surface area contributed by atoms with Crippen LogP contribution in [0.15, 0.2) is 36.7 Å². The van der Waals surface area contributed by atoms with Crippen molar-refractivity contribution in [1.29, 1.82) is 0 Å². The Bertz CT molecular complexity index is 728. The fourth-order valence-corrected chi connectivity index (χ4v) is 1.91. The molecule has 1 radical (unpaired) electrons. The molecule has 7 heteroatoms. The first-order valence-corrected chi connectivity index (χ1v) is 6.21. The van der Waals surface area contributed by atoms with Gasteiger partial charge in [0.2, 0.25) is 11.8 Å². The maximum absolute atomic E-state index is 5.68. The molecule has 2 heterocycles. The van der Waals surface area contributed by atoms with Gasteiger partial charge >= 0.3 is 7.48 Å². The van der Waals surface area contributed by atoms with Crippen molar-refractivity contribution >= 4 is 24.6 Å². The molecule has 2 aromatic heterocycles. The van der Waals surface area contributed by atoms with Crippen LogP contribution in [0, 0.1) is 0 Å². The van der Waals surface area contributed by atoms with Crippen LogP contribution in [-0.4, -0.2) is 27.0 Å². The van der Waals surface area contributed by atoms with Crippen LogP contribution in [0.2, 0.25) is 0 Å². The maximum atomic E-state index is 5.68. The lowest BCUT2D eigenvalue weighted by Crippen LogP contribution is -2.09. The largest absolute Gasteiger partial charge is 0.548 e. The number of aromatic nitrogens is 4. The van der Waals surface area contributed by atoms with E-state index in [2.05, 4.69) is 15.0 Å². The van der Waals surface area contributed by atoms with Crippen LogP contribution in [0.4, 0.5) is 5.95 Å². The lowest BCUT2D eigenvalue weighted by molar-refractivity contribution is 0.572. The molecule has 0 fully saturated rings. The summed E-state index contributed by atoms with van der Waals surface area (Å²) in [6.07, 6.45) is 2.34. The number of benzene rings is 1. The first-order valence-electron chi connectivity index (χ1n) is 6.21. The topological polar surface area (TPSA) is 78.8 Å². The molecule has 0 aliphatic carbocycles. The number of nitrogens with zero attached hydrogens (tertiary/aromatic N) is 4. The number of hydrogen-bond donors (Lipinski definition) is 1. The molecule has 20 heavy (non-hydrogen) atoms. The molecule has 1 aromatic carbocycles. The zero-order valence-corrected chi connectivity index (χ0v) is 11.0. The maximum Gasteiger partial charge on any atom is 0.376 e. The Labute approximate surface area is 116 Å². The summed E-state index contributed by atoms with van der Waals surface area (Å²) in [7, 11) is 3.53. The molecular weight excluding hydrogens is 253 g/mol. The van der Waals surface area contributed by atoms with E-state index in [1.807, 2.05) is 37.4 Å². The highest BCUT2D eigenvalue weighted by atomic mass is 16.4. The lowest BCUT2D eigenvalue weighted by atomic mass is 9.89. The smallest absolute Gasteiger partial charge is 0.376 e. The summed E-state index contributed by atoms with van der Waals surface area (Å²) in [5.74, 6) is 0.549. The molecule has 0 atom stereocenters. The van der Waals surface area contributed by atoms with Gasteiger partial charge in [-0.2, -0.15) is 9.97 Å². The molecule has 0 bridgehead atoms. The molecule has 2 N–H and O–H groups in total. The normalized spacial score (nSPS) is 10.7. The molecule has 0 saturated carbocycles. The van der Waals surface area contributed by atoms with Crippen molar-refractivity contribution in [3.05, 3.63) is 42.2 Å². The SMILES string of the molecule is Cn1cnc2c(O[B]Cc3ccccc3)nc(N)nc21. The van der Waals surface area contributed by atoms with Gasteiger partial charge in [-0.1, -0.05) is 35.9 Å². The molecule has 0 saturated heterocycles. The van der Waals surface area contributed by atoms with E-state index < -0.39 is 0 Å². The summed E-state index contributed by atoms with van der Waals surface area (Å²) in [5, 5.41) is 0. The minimum Gasteiger partial charge on any atom is -0.548 e. The first kappa shape index (κ1) is 12.5. The summed E-state index contributed by atoms with van der Waals surface area (Å²) in [6, 6.07) is 10.0. The van der Waals surface area contributed by atoms with Crippen LogP contribution in [0.25, 0.3) is 11.2 Å². The minimum absolute atomic E-state index is 0.171. The molecule has 3 aromatic rings. The summed E-state index contributed by atoms with van der Waals surface area (Å²) in [5.41, 5.74) is 8.09. The van der Waals surface area contributed by atoms with Crippen LogP contribution in [0.1, 0.15) is 5.56 Å². The molecule has 0 amide bonds. The highest BCUT2D eigenvalue weighted by Gasteiger charge is 2.12. The summed E-state index contributed by atoms with van der Waals surface area (Å²) >= 11 is 0. The van der Waals surface area contributed by atoms with Gasteiger partial charge in [-0.25, -0.2) is 4.98 Å². The Morgan fingerprint density at radius 1 is 1.25 bits per heavy atom. The van der Waals surface area contributed by atoms with Crippen LogP contribution < -0.4 is 10.4 Å². The summed E-state index contributed by atoms with van der Waals surface area (Å²) in [6.45, 7) is 0. The van der Waals surface area contributed by atoms with Crippen molar-refractivity contribution in [2.45, 2.75) is 6.32 Å². The Hall–Kier alpha value is -2.57. The Morgan fingerprint density at radius 2 is 2.05 bits per heavy atom. The number of nitrogens with two attached hydrogens (primary N) is 1. The third-order valence-corrected chi connectivity index (χ3v) is 2.90. The molecule has 3 rings (SSSR count). The molecule has 0 aliphatic heterocycles. The molecule has 6 nitrogen and oxygen atoms in total. The molecule has 99 valence electrons. The van der Waals surface area contributed by atoms with Crippen molar-refractivity contribution < 1.29 is 4.65 Å². The highest BCUT2D eigenvalue weighted by molar-refractivity contribution is 6.28. The monoisotopic (exact) mass is 266 g/mol. The average molecular weight is 266 g/mol. The van der Waals surface area contributed by atoms with Gasteiger partial charge in [0.25, 0.3) is 0 Å². The van der Waals surface area contributed by atoms with E-state index in [1.54, 1.807) is 18.4 Å². The van der Waals surface area contributed by atoms with Gasteiger partial charge in [0.15, 0.2) is 11.2 Å². The third-order valence-electron chi connectivity index (χ3n) is 2.90. The van der Waals surface area contributed by atoms with Crippen molar-refractivity contribution in [3.8, 4) is 5.88 Å². The lowest BCUT2D eigenvalue weighted by Gasteiger charge is -2.05. The van der Waals surface area contributed by atoms with E-state index in [-0.39, 0.29) is 5.95 Å². The van der Waals surface area contributed by atoms with Crippen molar-refractivity contribution in [1.82, 2.24) is 19.5 Å². The second-order valence-electron chi connectivity index (χ2n) is 4.39. The number of anilines is 1. The number of imidazole rings is 1. The Balaban J connectivity index is 1.77. The van der Waals surface area contributed by atoms with E-state index in [9.17, 15) is 0 Å². The fourth-order valence-electron chi connectivity index (χ4n) is 1.91. The van der Waals surface area contributed by atoms with E-state index >= 15 is 0 Å². The minimum atomic E-state index is 0.171. The van der Waals surface area contributed by atoms with Gasteiger partial charge < -0.3 is 15.0 Å². The second-order valence-corrected chi connectivity index (χ2v) is 4.39. The summed E-state index contributed by atoms with van der Waals surface area (Å²) in [4.78, 5) is 12.4. The van der Waals surface area contributed by atoms with Crippen molar-refractivity contribution in [3.63, 3.8) is 0 Å². The average Bonchev–Trinajstić information content (AvgIpc) is 2.82. The van der Waals surface area contributed by atoms with Crippen LogP contribution in [-0.2, 0) is 13.4 Å². The molecular formula is C13H13BN5O. The van der Waals surface area contributed by atoms with E-state index in [0.29, 0.717) is 23.4 Å². The first-order chi connectivity index (χ1) is 9.74. The molecule has 0 spiro atoms. The molecule has 0 unspecified atom stereocenters. The second kappa shape index (κ2) is 5.20. The van der Waals surface area contributed by atoms with E-state index in [1.165, 1.54) is 0 Å². The van der Waals surface area contributed by atoms with E-state index in [4.69, 9.17) is 10.4 Å². The quantitative estimate of drug-likeness (QED) is 0.716. The van der Waals surface area contributed by atoms with Crippen molar-refractivity contribution in [2.75, 3.05) is 5.73 Å². The van der Waals surface area contributed by atoms with Gasteiger partial charge in [0.05, 0.1) is 6.33 Å². The predicted molar refractivity (Wildman–Crippen MR) is 77.2 cm³/mol. The van der Waals surface area contributed by atoms with Crippen LogP contribution in [0.5, 0.6) is 5.88 Å². The van der Waals surface area contributed by atoms with Gasteiger partial charge in [-0.3, -0.25) is 0 Å². The zero-order chi connectivity index (χ0) is 13.9. The van der Waals surface area contributed by atoms with Crippen LogP contribution >= 0.6 is 0 Å². The Morgan fingerprint density at radius 3 is 2.85 bits per heavy atom. The van der Waals surface area contributed by atoms with E-state index in [0.717, 1.165) is 5.56 Å². The highest BCUT2D eigenvalue weighted by Crippen LogP contribution is 2.20. The number of rotatable bonds is 4. The van der Waals surface area contributed by atoms with Gasteiger partial charge in [0, 0.05) is 7.05 Å². The molecule has 0 aliphatic rings. The van der Waals surface area contributed by atoms with Gasteiger partial charge in [-0.05, 0) is 6.32 Å². The number of hydrogen-bond acceptors (Lipinski definition) is 5. The van der Waals surface area contributed by atoms with Crippen molar-refractivity contribution in [2.24, 2.45) is 7.05 Å². The predicted octanol–water partition coefficient (Wildman–Crippen LogP) is 1.14.